The van der Waals surface area contributed by atoms with Gasteiger partial charge in [-0.3, -0.25) is 4.79 Å². The number of imidazole rings is 1. The van der Waals surface area contributed by atoms with Crippen LogP contribution in [0.3, 0.4) is 0 Å². The first-order valence-corrected chi connectivity index (χ1v) is 14.8. The molecular weight excluding hydrogens is 557 g/mol. The first-order valence-electron chi connectivity index (χ1n) is 13.1. The number of hydrogen-bond donors (Lipinski definition) is 3. The minimum Gasteiger partial charge on any atom is -0.352 e. The minimum atomic E-state index is -0.244. The summed E-state index contributed by atoms with van der Waals surface area (Å²) in [4.78, 5) is 41.7. The van der Waals surface area contributed by atoms with Crippen LogP contribution in [0.4, 0.5) is 4.79 Å². The number of piperidine rings is 1. The van der Waals surface area contributed by atoms with Crippen LogP contribution in [-0.2, 0) is 6.54 Å². The fourth-order valence-electron chi connectivity index (χ4n) is 4.97. The highest BCUT2D eigenvalue weighted by molar-refractivity contribution is 7.07. The number of aromatic nitrogens is 3. The Balaban J connectivity index is 1.29. The Hall–Kier alpha value is -2.66. The summed E-state index contributed by atoms with van der Waals surface area (Å²) in [6.07, 6.45) is 5.99. The number of carbonyl (C=O) groups excluding carboxylic acids is 2. The Labute approximate surface area is 243 Å². The van der Waals surface area contributed by atoms with Gasteiger partial charge in [0, 0.05) is 44.5 Å². The fourth-order valence-corrected chi connectivity index (χ4v) is 6.25. The van der Waals surface area contributed by atoms with Gasteiger partial charge >= 0.3 is 6.03 Å². The third-order valence-corrected chi connectivity index (χ3v) is 8.48. The highest BCUT2D eigenvalue weighted by atomic mass is 35.5. The third kappa shape index (κ3) is 7.72. The number of aromatic amines is 1. The number of urea groups is 1. The summed E-state index contributed by atoms with van der Waals surface area (Å²) in [6, 6.07) is 3.87. The average molecular weight is 593 g/mol. The zero-order chi connectivity index (χ0) is 27.9. The molecule has 4 heterocycles. The van der Waals surface area contributed by atoms with Crippen molar-refractivity contribution in [2.75, 3.05) is 19.6 Å². The number of rotatable bonds is 10. The van der Waals surface area contributed by atoms with Crippen LogP contribution >= 0.6 is 34.5 Å². The van der Waals surface area contributed by atoms with Gasteiger partial charge in [-0.05, 0) is 74.1 Å². The molecule has 0 bridgehead atoms. The van der Waals surface area contributed by atoms with E-state index in [-0.39, 0.29) is 40.4 Å². The van der Waals surface area contributed by atoms with Gasteiger partial charge in [-0.15, -0.1) is 0 Å². The van der Waals surface area contributed by atoms with Crippen molar-refractivity contribution in [3.05, 3.63) is 68.1 Å². The minimum absolute atomic E-state index is 0.0726. The zero-order valence-corrected chi connectivity index (χ0v) is 24.7. The standard InChI is InChI=1S/C27H35Cl2N7O2S/c1-17-12-23(28)34-25(29)24(17)26(37)31-8-4-18(2)35-9-5-21(6-10-35)36(14-20-7-11-39-15-20)27(38)33-19(3)22-13-30-16-32-22/h7,11-13,15-16,18-19,21H,4-6,8-10,14H2,1-3H3,(H,30,32)(H,31,37)(H,33,38). The Morgan fingerprint density at radius 3 is 2.69 bits per heavy atom. The maximum atomic E-state index is 13.4. The van der Waals surface area contributed by atoms with Crippen LogP contribution in [0.5, 0.6) is 0 Å². The molecule has 0 aromatic carbocycles. The van der Waals surface area contributed by atoms with Crippen molar-refractivity contribution in [1.29, 1.82) is 0 Å². The van der Waals surface area contributed by atoms with Gasteiger partial charge in [-0.25, -0.2) is 14.8 Å². The molecule has 12 heteroatoms. The number of halogens is 2. The summed E-state index contributed by atoms with van der Waals surface area (Å²) >= 11 is 13.7. The van der Waals surface area contributed by atoms with E-state index in [2.05, 4.69) is 48.9 Å². The molecule has 0 saturated carbocycles. The van der Waals surface area contributed by atoms with Crippen LogP contribution in [-0.4, -0.2) is 68.4 Å². The van der Waals surface area contributed by atoms with E-state index in [1.165, 1.54) is 0 Å². The Morgan fingerprint density at radius 1 is 1.28 bits per heavy atom. The van der Waals surface area contributed by atoms with Crippen molar-refractivity contribution >= 4 is 46.5 Å². The molecule has 0 spiro atoms. The molecule has 210 valence electrons. The molecule has 0 radical (unpaired) electrons. The zero-order valence-electron chi connectivity index (χ0n) is 22.4. The van der Waals surface area contributed by atoms with E-state index in [0.717, 1.165) is 43.6 Å². The number of carbonyl (C=O) groups is 2. The molecule has 2 unspecified atom stereocenters. The lowest BCUT2D eigenvalue weighted by Crippen LogP contribution is -2.52. The molecule has 1 fully saturated rings. The van der Waals surface area contributed by atoms with E-state index in [0.29, 0.717) is 24.2 Å². The number of H-pyrrole nitrogens is 1. The lowest BCUT2D eigenvalue weighted by molar-refractivity contribution is 0.0900. The van der Waals surface area contributed by atoms with Crippen molar-refractivity contribution in [3.8, 4) is 0 Å². The summed E-state index contributed by atoms with van der Waals surface area (Å²) in [7, 11) is 0. The van der Waals surface area contributed by atoms with Gasteiger partial charge in [0.1, 0.15) is 10.3 Å². The summed E-state index contributed by atoms with van der Waals surface area (Å²) in [5.74, 6) is -0.244. The fraction of sp³-hybridized carbons (Fsp3) is 0.481. The predicted molar refractivity (Wildman–Crippen MR) is 155 cm³/mol. The molecule has 1 saturated heterocycles. The van der Waals surface area contributed by atoms with E-state index >= 15 is 0 Å². The van der Waals surface area contributed by atoms with Gasteiger partial charge < -0.3 is 25.4 Å². The normalized spacial score (nSPS) is 16.0. The quantitative estimate of drug-likeness (QED) is 0.273. The van der Waals surface area contributed by atoms with Gasteiger partial charge in [0.25, 0.3) is 5.91 Å². The number of likely N-dealkylation sites (tertiary alicyclic amines) is 1. The number of pyridine rings is 1. The molecule has 1 aliphatic heterocycles. The lowest BCUT2D eigenvalue weighted by Gasteiger charge is -2.41. The molecule has 1 aliphatic rings. The second-order valence-electron chi connectivity index (χ2n) is 10.0. The molecule has 39 heavy (non-hydrogen) atoms. The Kier molecular flexibility index (Phi) is 10.2. The van der Waals surface area contributed by atoms with E-state index in [1.807, 2.05) is 17.2 Å². The lowest BCUT2D eigenvalue weighted by atomic mass is 10.0. The predicted octanol–water partition coefficient (Wildman–Crippen LogP) is 5.43. The van der Waals surface area contributed by atoms with E-state index in [4.69, 9.17) is 23.2 Å². The molecule has 2 atom stereocenters. The van der Waals surface area contributed by atoms with Crippen LogP contribution in [0, 0.1) is 6.92 Å². The van der Waals surface area contributed by atoms with Crippen molar-refractivity contribution < 1.29 is 9.59 Å². The summed E-state index contributed by atoms with van der Waals surface area (Å²) in [6.45, 7) is 8.78. The number of aryl methyl sites for hydroxylation is 1. The number of nitrogens with one attached hydrogen (secondary N) is 3. The second-order valence-corrected chi connectivity index (χ2v) is 11.5. The highest BCUT2D eigenvalue weighted by Crippen LogP contribution is 2.24. The number of amides is 3. The SMILES string of the molecule is Cc1cc(Cl)nc(Cl)c1C(=O)NCCC(C)N1CCC(N(Cc2ccsc2)C(=O)NC(C)c2c[nH]cn2)CC1. The van der Waals surface area contributed by atoms with Gasteiger partial charge in [0.15, 0.2) is 0 Å². The van der Waals surface area contributed by atoms with Gasteiger partial charge in [-0.2, -0.15) is 11.3 Å². The summed E-state index contributed by atoms with van der Waals surface area (Å²) in [5.41, 5.74) is 3.00. The number of nitrogens with zero attached hydrogens (tertiary/aromatic N) is 4. The molecule has 0 aliphatic carbocycles. The molecule has 3 aromatic rings. The molecule has 4 rings (SSSR count). The largest absolute Gasteiger partial charge is 0.352 e. The van der Waals surface area contributed by atoms with Gasteiger partial charge in [-0.1, -0.05) is 23.2 Å². The maximum Gasteiger partial charge on any atom is 0.318 e. The van der Waals surface area contributed by atoms with Gasteiger partial charge in [0.2, 0.25) is 0 Å². The average Bonchev–Trinajstić information content (AvgIpc) is 3.61. The van der Waals surface area contributed by atoms with Crippen LogP contribution in [0.2, 0.25) is 10.3 Å². The van der Waals surface area contributed by atoms with Crippen LogP contribution in [0.1, 0.15) is 66.3 Å². The smallest absolute Gasteiger partial charge is 0.318 e. The number of hydrogen-bond acceptors (Lipinski definition) is 6. The van der Waals surface area contributed by atoms with E-state index in [9.17, 15) is 9.59 Å². The molecule has 3 aromatic heterocycles. The van der Waals surface area contributed by atoms with E-state index in [1.54, 1.807) is 36.9 Å². The first-order chi connectivity index (χ1) is 18.7. The second kappa shape index (κ2) is 13.6. The van der Waals surface area contributed by atoms with E-state index < -0.39 is 0 Å². The Morgan fingerprint density at radius 2 is 2.05 bits per heavy atom. The van der Waals surface area contributed by atoms with Gasteiger partial charge in [0.05, 0.1) is 23.6 Å². The third-order valence-electron chi connectivity index (χ3n) is 7.28. The monoisotopic (exact) mass is 591 g/mol. The highest BCUT2D eigenvalue weighted by Gasteiger charge is 2.30. The maximum absolute atomic E-state index is 13.4. The van der Waals surface area contributed by atoms with Crippen molar-refractivity contribution in [2.24, 2.45) is 0 Å². The topological polar surface area (TPSA) is 106 Å². The van der Waals surface area contributed by atoms with Crippen LogP contribution in [0.15, 0.2) is 35.4 Å². The molecule has 3 amide bonds. The number of thiophene rings is 1. The Bertz CT molecular complexity index is 1210. The first kappa shape index (κ1) is 29.3. The molecular formula is C27H35Cl2N7O2S. The molecule has 9 nitrogen and oxygen atoms in total. The van der Waals surface area contributed by atoms with Crippen molar-refractivity contribution in [3.63, 3.8) is 0 Å². The summed E-state index contributed by atoms with van der Waals surface area (Å²) in [5, 5.41) is 10.6. The molecule has 3 N–H and O–H groups in total. The van der Waals surface area contributed by atoms with Crippen molar-refractivity contribution in [1.82, 2.24) is 35.4 Å². The summed E-state index contributed by atoms with van der Waals surface area (Å²) < 4.78 is 0. The van der Waals surface area contributed by atoms with Crippen molar-refractivity contribution in [2.45, 2.75) is 64.7 Å². The van der Waals surface area contributed by atoms with Crippen LogP contribution < -0.4 is 10.6 Å². The van der Waals surface area contributed by atoms with Crippen LogP contribution in [0.25, 0.3) is 0 Å².